The zero-order chi connectivity index (χ0) is 16.4. The molecule has 0 aliphatic carbocycles. The van der Waals surface area contributed by atoms with Crippen LogP contribution in [0, 0.1) is 0 Å². The van der Waals surface area contributed by atoms with Crippen molar-refractivity contribution in [1.29, 1.82) is 0 Å². The summed E-state index contributed by atoms with van der Waals surface area (Å²) in [5, 5.41) is 15.0. The fraction of sp³-hybridized carbons (Fsp3) is 0.0588. The maximum atomic E-state index is 12.5. The molecule has 0 radical (unpaired) electrons. The highest BCUT2D eigenvalue weighted by Crippen LogP contribution is 2.11. The average molecular weight is 318 g/mol. The first kappa shape index (κ1) is 14.1. The van der Waals surface area contributed by atoms with Crippen molar-refractivity contribution in [2.24, 2.45) is 0 Å². The summed E-state index contributed by atoms with van der Waals surface area (Å²) in [5.74, 6) is 0.170. The Bertz CT molecular complexity index is 989. The lowest BCUT2D eigenvalue weighted by molar-refractivity contribution is 0.102. The van der Waals surface area contributed by atoms with Crippen LogP contribution >= 0.6 is 0 Å². The lowest BCUT2D eigenvalue weighted by atomic mass is 10.1. The molecule has 0 aliphatic heterocycles. The van der Waals surface area contributed by atoms with E-state index in [1.165, 1.54) is 0 Å². The van der Waals surface area contributed by atoms with E-state index in [9.17, 15) is 4.79 Å². The number of carbonyl (C=O) groups excluding carboxylic acids is 1. The number of nitrogens with zero attached hydrogens (tertiary/aromatic N) is 5. The monoisotopic (exact) mass is 318 g/mol. The smallest absolute Gasteiger partial charge is 0.258 e. The van der Waals surface area contributed by atoms with Gasteiger partial charge in [0.1, 0.15) is 0 Å². The van der Waals surface area contributed by atoms with Crippen molar-refractivity contribution in [3.05, 3.63) is 78.2 Å². The molecule has 7 nitrogen and oxygen atoms in total. The number of rotatable bonds is 4. The summed E-state index contributed by atoms with van der Waals surface area (Å²) in [5.41, 5.74) is 2.24. The van der Waals surface area contributed by atoms with Gasteiger partial charge in [0, 0.05) is 24.2 Å². The van der Waals surface area contributed by atoms with Gasteiger partial charge in [0.25, 0.3) is 5.91 Å². The van der Waals surface area contributed by atoms with E-state index in [-0.39, 0.29) is 5.91 Å². The zero-order valence-corrected chi connectivity index (χ0v) is 12.7. The Kier molecular flexibility index (Phi) is 3.51. The standard InChI is InChI=1S/C17H14N6O/c24-16(19-17-21-20-15-7-1-2-10-23(15)17)14-6-3-5-13(11-14)12-22-9-4-8-18-22/h1-11H,12H2,(H,19,21,24). The normalized spacial score (nSPS) is 10.8. The Morgan fingerprint density at radius 2 is 2.00 bits per heavy atom. The van der Waals surface area contributed by atoms with E-state index >= 15 is 0 Å². The SMILES string of the molecule is O=C(Nc1nnc2ccccn12)c1cccc(Cn2cccn2)c1. The molecule has 1 amide bonds. The van der Waals surface area contributed by atoms with Gasteiger partial charge in [-0.3, -0.25) is 19.2 Å². The van der Waals surface area contributed by atoms with Crippen molar-refractivity contribution in [3.63, 3.8) is 0 Å². The number of carbonyl (C=O) groups is 1. The van der Waals surface area contributed by atoms with E-state index in [1.54, 1.807) is 22.9 Å². The highest BCUT2D eigenvalue weighted by atomic mass is 16.1. The number of hydrogen-bond donors (Lipinski definition) is 1. The molecule has 0 fully saturated rings. The minimum Gasteiger partial charge on any atom is -0.290 e. The lowest BCUT2D eigenvalue weighted by Gasteiger charge is -2.06. The van der Waals surface area contributed by atoms with Gasteiger partial charge in [0.2, 0.25) is 5.95 Å². The Morgan fingerprint density at radius 1 is 1.04 bits per heavy atom. The third-order valence-corrected chi connectivity index (χ3v) is 3.63. The fourth-order valence-corrected chi connectivity index (χ4v) is 2.49. The summed E-state index contributed by atoms with van der Waals surface area (Å²) in [6.45, 7) is 0.613. The maximum absolute atomic E-state index is 12.5. The Morgan fingerprint density at radius 3 is 2.88 bits per heavy atom. The molecule has 0 spiro atoms. The number of aromatic nitrogens is 5. The zero-order valence-electron chi connectivity index (χ0n) is 12.7. The van der Waals surface area contributed by atoms with Crippen LogP contribution in [0.2, 0.25) is 0 Å². The van der Waals surface area contributed by atoms with E-state index in [0.29, 0.717) is 23.7 Å². The van der Waals surface area contributed by atoms with Crippen molar-refractivity contribution in [2.75, 3.05) is 5.32 Å². The molecule has 1 N–H and O–H groups in total. The van der Waals surface area contributed by atoms with Gasteiger partial charge in [0.05, 0.1) is 6.54 Å². The Hall–Kier alpha value is -3.48. The molecular weight excluding hydrogens is 304 g/mol. The van der Waals surface area contributed by atoms with Gasteiger partial charge in [-0.05, 0) is 35.9 Å². The van der Waals surface area contributed by atoms with Crippen molar-refractivity contribution in [2.45, 2.75) is 6.54 Å². The van der Waals surface area contributed by atoms with Gasteiger partial charge in [-0.15, -0.1) is 10.2 Å². The van der Waals surface area contributed by atoms with Crippen LogP contribution in [0.15, 0.2) is 67.1 Å². The summed E-state index contributed by atoms with van der Waals surface area (Å²) in [4.78, 5) is 12.5. The number of pyridine rings is 1. The first-order valence-corrected chi connectivity index (χ1v) is 7.47. The summed E-state index contributed by atoms with van der Waals surface area (Å²) < 4.78 is 3.54. The second-order valence-electron chi connectivity index (χ2n) is 5.31. The van der Waals surface area contributed by atoms with Crippen LogP contribution in [0.4, 0.5) is 5.95 Å². The molecule has 118 valence electrons. The molecule has 0 bridgehead atoms. The van der Waals surface area contributed by atoms with Crippen LogP contribution in [-0.2, 0) is 6.54 Å². The number of anilines is 1. The van der Waals surface area contributed by atoms with Crippen LogP contribution in [0.25, 0.3) is 5.65 Å². The van der Waals surface area contributed by atoms with Crippen molar-refractivity contribution in [3.8, 4) is 0 Å². The van der Waals surface area contributed by atoms with Crippen LogP contribution in [0.3, 0.4) is 0 Å². The molecule has 7 heteroatoms. The third-order valence-electron chi connectivity index (χ3n) is 3.63. The molecule has 0 saturated carbocycles. The van der Waals surface area contributed by atoms with Crippen molar-refractivity contribution < 1.29 is 4.79 Å². The molecular formula is C17H14N6O. The highest BCUT2D eigenvalue weighted by Gasteiger charge is 2.11. The van der Waals surface area contributed by atoms with Crippen LogP contribution in [-0.4, -0.2) is 30.3 Å². The summed E-state index contributed by atoms with van der Waals surface area (Å²) >= 11 is 0. The molecule has 3 heterocycles. The molecule has 0 atom stereocenters. The average Bonchev–Trinajstić information content (AvgIpc) is 3.25. The molecule has 1 aromatic carbocycles. The van der Waals surface area contributed by atoms with Crippen molar-refractivity contribution >= 4 is 17.5 Å². The predicted octanol–water partition coefficient (Wildman–Crippen LogP) is 2.23. The van der Waals surface area contributed by atoms with Gasteiger partial charge in [-0.1, -0.05) is 18.2 Å². The van der Waals surface area contributed by atoms with Gasteiger partial charge >= 0.3 is 0 Å². The first-order valence-electron chi connectivity index (χ1n) is 7.47. The van der Waals surface area contributed by atoms with Gasteiger partial charge < -0.3 is 0 Å². The number of fused-ring (bicyclic) bond motifs is 1. The highest BCUT2D eigenvalue weighted by molar-refractivity contribution is 6.03. The van der Waals surface area contributed by atoms with Gasteiger partial charge in [-0.2, -0.15) is 5.10 Å². The topological polar surface area (TPSA) is 77.1 Å². The third kappa shape index (κ3) is 2.74. The number of amides is 1. The fourth-order valence-electron chi connectivity index (χ4n) is 2.49. The largest absolute Gasteiger partial charge is 0.290 e. The minimum atomic E-state index is -0.226. The number of benzene rings is 1. The van der Waals surface area contributed by atoms with E-state index < -0.39 is 0 Å². The second kappa shape index (κ2) is 5.96. The van der Waals surface area contributed by atoms with Gasteiger partial charge in [-0.25, -0.2) is 0 Å². The van der Waals surface area contributed by atoms with Crippen LogP contribution in [0.5, 0.6) is 0 Å². The quantitative estimate of drug-likeness (QED) is 0.626. The molecule has 4 rings (SSSR count). The Labute approximate surface area is 137 Å². The van der Waals surface area contributed by atoms with Gasteiger partial charge in [0.15, 0.2) is 5.65 Å². The maximum Gasteiger partial charge on any atom is 0.258 e. The van der Waals surface area contributed by atoms with E-state index in [2.05, 4.69) is 20.6 Å². The van der Waals surface area contributed by atoms with Crippen LogP contribution in [0.1, 0.15) is 15.9 Å². The summed E-state index contributed by atoms with van der Waals surface area (Å²) in [6, 6.07) is 14.9. The van der Waals surface area contributed by atoms with E-state index in [1.807, 2.05) is 53.3 Å². The van der Waals surface area contributed by atoms with Crippen molar-refractivity contribution in [1.82, 2.24) is 24.4 Å². The number of nitrogens with one attached hydrogen (secondary N) is 1. The summed E-state index contributed by atoms with van der Waals surface area (Å²) in [6.07, 6.45) is 5.42. The molecule has 0 unspecified atom stereocenters. The number of hydrogen-bond acceptors (Lipinski definition) is 4. The Balaban J connectivity index is 1.56. The molecule has 4 aromatic rings. The minimum absolute atomic E-state index is 0.226. The molecule has 3 aromatic heterocycles. The van der Waals surface area contributed by atoms with E-state index in [0.717, 1.165) is 5.56 Å². The molecule has 24 heavy (non-hydrogen) atoms. The predicted molar refractivity (Wildman–Crippen MR) is 88.7 cm³/mol. The van der Waals surface area contributed by atoms with Crippen LogP contribution < -0.4 is 5.32 Å². The lowest BCUT2D eigenvalue weighted by Crippen LogP contribution is -2.14. The second-order valence-corrected chi connectivity index (χ2v) is 5.31. The molecule has 0 saturated heterocycles. The first-order chi connectivity index (χ1) is 11.8. The summed E-state index contributed by atoms with van der Waals surface area (Å²) in [7, 11) is 0. The van der Waals surface area contributed by atoms with E-state index in [4.69, 9.17) is 0 Å². The molecule has 0 aliphatic rings.